The fraction of sp³-hybridized carbons (Fsp3) is 0.375. The minimum Gasteiger partial charge on any atom is -0.312 e. The highest BCUT2D eigenvalue weighted by atomic mass is 79.9. The molecule has 0 radical (unpaired) electrons. The highest BCUT2D eigenvalue weighted by Crippen LogP contribution is 2.26. The standard InChI is InChI=1S/C16H19BrN2S/c1-19(9-12-6-16(17)20-11-12)10-14-8-18-7-13-4-2-3-5-15(13)14/h2-6,11,14,18H,7-10H2,1H3. The number of likely N-dealkylation sites (N-methyl/N-ethyl adjacent to an activating group) is 1. The Morgan fingerprint density at radius 3 is 3.05 bits per heavy atom. The first-order chi connectivity index (χ1) is 9.72. The van der Waals surface area contributed by atoms with E-state index in [2.05, 4.69) is 68.9 Å². The van der Waals surface area contributed by atoms with Crippen molar-refractivity contribution < 1.29 is 0 Å². The molecule has 2 heterocycles. The lowest BCUT2D eigenvalue weighted by Crippen LogP contribution is -2.35. The number of hydrogen-bond donors (Lipinski definition) is 1. The van der Waals surface area contributed by atoms with Crippen molar-refractivity contribution in [3.8, 4) is 0 Å². The molecule has 1 unspecified atom stereocenters. The maximum Gasteiger partial charge on any atom is 0.0701 e. The first-order valence-corrected chi connectivity index (χ1v) is 8.59. The molecule has 0 saturated heterocycles. The molecule has 2 nitrogen and oxygen atoms in total. The van der Waals surface area contributed by atoms with Crippen molar-refractivity contribution in [1.82, 2.24) is 10.2 Å². The van der Waals surface area contributed by atoms with E-state index in [1.165, 1.54) is 20.5 Å². The van der Waals surface area contributed by atoms with Gasteiger partial charge in [-0.2, -0.15) is 0 Å². The van der Waals surface area contributed by atoms with Crippen LogP contribution in [0.3, 0.4) is 0 Å². The molecule has 0 amide bonds. The van der Waals surface area contributed by atoms with Crippen molar-refractivity contribution in [3.05, 3.63) is 56.2 Å². The summed E-state index contributed by atoms with van der Waals surface area (Å²) >= 11 is 5.29. The molecule has 1 aliphatic heterocycles. The average molecular weight is 351 g/mol. The number of fused-ring (bicyclic) bond motifs is 1. The second kappa shape index (κ2) is 6.39. The summed E-state index contributed by atoms with van der Waals surface area (Å²) < 4.78 is 1.21. The molecule has 0 spiro atoms. The summed E-state index contributed by atoms with van der Waals surface area (Å²) in [5.74, 6) is 0.590. The summed E-state index contributed by atoms with van der Waals surface area (Å²) in [6, 6.07) is 11.0. The fourth-order valence-electron chi connectivity index (χ4n) is 2.93. The summed E-state index contributed by atoms with van der Waals surface area (Å²) in [4.78, 5) is 2.42. The summed E-state index contributed by atoms with van der Waals surface area (Å²) in [6.45, 7) is 4.20. The minimum absolute atomic E-state index is 0.590. The molecule has 0 fully saturated rings. The third kappa shape index (κ3) is 3.31. The van der Waals surface area contributed by atoms with E-state index < -0.39 is 0 Å². The van der Waals surface area contributed by atoms with Crippen LogP contribution in [0.5, 0.6) is 0 Å². The van der Waals surface area contributed by atoms with E-state index in [0.717, 1.165) is 26.2 Å². The van der Waals surface area contributed by atoms with E-state index in [1.807, 2.05) is 0 Å². The normalized spacial score (nSPS) is 18.2. The largest absolute Gasteiger partial charge is 0.312 e. The molecule has 0 saturated carbocycles. The van der Waals surface area contributed by atoms with E-state index in [1.54, 1.807) is 11.3 Å². The van der Waals surface area contributed by atoms with Gasteiger partial charge >= 0.3 is 0 Å². The van der Waals surface area contributed by atoms with Crippen LogP contribution >= 0.6 is 27.3 Å². The predicted molar refractivity (Wildman–Crippen MR) is 89.2 cm³/mol. The van der Waals surface area contributed by atoms with Crippen LogP contribution in [0.15, 0.2) is 39.5 Å². The Hall–Kier alpha value is -0.680. The van der Waals surface area contributed by atoms with Gasteiger partial charge < -0.3 is 10.2 Å². The van der Waals surface area contributed by atoms with Crippen molar-refractivity contribution in [2.75, 3.05) is 20.1 Å². The summed E-state index contributed by atoms with van der Waals surface area (Å²) in [5, 5.41) is 5.76. The number of benzene rings is 1. The first kappa shape index (κ1) is 14.3. The highest BCUT2D eigenvalue weighted by molar-refractivity contribution is 9.11. The van der Waals surface area contributed by atoms with E-state index in [0.29, 0.717) is 5.92 Å². The number of thiophene rings is 1. The summed E-state index contributed by atoms with van der Waals surface area (Å²) in [5.41, 5.74) is 4.36. The van der Waals surface area contributed by atoms with Crippen LogP contribution in [-0.2, 0) is 13.1 Å². The smallest absolute Gasteiger partial charge is 0.0701 e. The van der Waals surface area contributed by atoms with Crippen LogP contribution in [-0.4, -0.2) is 25.0 Å². The second-order valence-electron chi connectivity index (χ2n) is 5.48. The van der Waals surface area contributed by atoms with E-state index in [4.69, 9.17) is 0 Å². The van der Waals surface area contributed by atoms with Gasteiger partial charge in [-0.1, -0.05) is 24.3 Å². The van der Waals surface area contributed by atoms with Gasteiger partial charge in [0.15, 0.2) is 0 Å². The quantitative estimate of drug-likeness (QED) is 0.901. The average Bonchev–Trinajstić information content (AvgIpc) is 2.84. The zero-order valence-electron chi connectivity index (χ0n) is 11.6. The van der Waals surface area contributed by atoms with Gasteiger partial charge in [0, 0.05) is 32.1 Å². The van der Waals surface area contributed by atoms with Gasteiger partial charge in [0.25, 0.3) is 0 Å². The van der Waals surface area contributed by atoms with Crippen LogP contribution in [0, 0.1) is 0 Å². The summed E-state index contributed by atoms with van der Waals surface area (Å²) in [6.07, 6.45) is 0. The van der Waals surface area contributed by atoms with E-state index in [-0.39, 0.29) is 0 Å². The van der Waals surface area contributed by atoms with Crippen molar-refractivity contribution in [2.45, 2.75) is 19.0 Å². The maximum atomic E-state index is 3.53. The van der Waals surface area contributed by atoms with Gasteiger partial charge in [0.2, 0.25) is 0 Å². The van der Waals surface area contributed by atoms with Crippen LogP contribution in [0.25, 0.3) is 0 Å². The fourth-order valence-corrected chi connectivity index (χ4v) is 4.13. The number of nitrogens with one attached hydrogen (secondary N) is 1. The van der Waals surface area contributed by atoms with Crippen molar-refractivity contribution in [3.63, 3.8) is 0 Å². The van der Waals surface area contributed by atoms with Gasteiger partial charge in [0.1, 0.15) is 0 Å². The topological polar surface area (TPSA) is 15.3 Å². The molecule has 1 aromatic heterocycles. The third-order valence-electron chi connectivity index (χ3n) is 3.81. The van der Waals surface area contributed by atoms with Crippen LogP contribution in [0.4, 0.5) is 0 Å². The number of nitrogens with zero attached hydrogens (tertiary/aromatic N) is 1. The first-order valence-electron chi connectivity index (χ1n) is 6.92. The van der Waals surface area contributed by atoms with Crippen LogP contribution in [0.2, 0.25) is 0 Å². The van der Waals surface area contributed by atoms with Gasteiger partial charge in [-0.05, 0) is 51.1 Å². The lowest BCUT2D eigenvalue weighted by Gasteiger charge is -2.30. The summed E-state index contributed by atoms with van der Waals surface area (Å²) in [7, 11) is 2.21. The monoisotopic (exact) mass is 350 g/mol. The second-order valence-corrected chi connectivity index (χ2v) is 7.77. The van der Waals surface area contributed by atoms with Gasteiger partial charge in [-0.3, -0.25) is 0 Å². The van der Waals surface area contributed by atoms with Crippen LogP contribution < -0.4 is 5.32 Å². The highest BCUT2D eigenvalue weighted by Gasteiger charge is 2.20. The Bertz CT molecular complexity index is 581. The van der Waals surface area contributed by atoms with Gasteiger partial charge in [0.05, 0.1) is 3.79 Å². The van der Waals surface area contributed by atoms with Crippen molar-refractivity contribution >= 4 is 27.3 Å². The maximum absolute atomic E-state index is 3.53. The minimum atomic E-state index is 0.590. The third-order valence-corrected chi connectivity index (χ3v) is 5.36. The van der Waals surface area contributed by atoms with Crippen molar-refractivity contribution in [1.29, 1.82) is 0 Å². The number of hydrogen-bond acceptors (Lipinski definition) is 3. The zero-order valence-corrected chi connectivity index (χ0v) is 14.0. The molecule has 106 valence electrons. The Morgan fingerprint density at radius 1 is 1.40 bits per heavy atom. The SMILES string of the molecule is CN(Cc1csc(Br)c1)CC1CNCc2ccccc21. The number of rotatable bonds is 4. The lowest BCUT2D eigenvalue weighted by molar-refractivity contribution is 0.294. The molecule has 2 aromatic rings. The van der Waals surface area contributed by atoms with Gasteiger partial charge in [-0.15, -0.1) is 11.3 Å². The molecular formula is C16H19BrN2S. The molecule has 1 aromatic carbocycles. The molecule has 1 aliphatic rings. The Balaban J connectivity index is 1.66. The van der Waals surface area contributed by atoms with Crippen molar-refractivity contribution in [2.24, 2.45) is 0 Å². The van der Waals surface area contributed by atoms with E-state index in [9.17, 15) is 0 Å². The van der Waals surface area contributed by atoms with E-state index >= 15 is 0 Å². The molecular weight excluding hydrogens is 332 g/mol. The Morgan fingerprint density at radius 2 is 2.25 bits per heavy atom. The molecule has 4 heteroatoms. The molecule has 1 N–H and O–H groups in total. The Kier molecular flexibility index (Phi) is 4.56. The molecule has 0 aliphatic carbocycles. The van der Waals surface area contributed by atoms with Crippen LogP contribution in [0.1, 0.15) is 22.6 Å². The molecule has 3 rings (SSSR count). The Labute approximate surface area is 132 Å². The zero-order chi connectivity index (χ0) is 13.9. The number of halogens is 1. The lowest BCUT2D eigenvalue weighted by atomic mass is 9.90. The predicted octanol–water partition coefficient (Wildman–Crippen LogP) is 3.83. The molecule has 20 heavy (non-hydrogen) atoms. The molecule has 0 bridgehead atoms. The molecule has 1 atom stereocenters. The van der Waals surface area contributed by atoms with Gasteiger partial charge in [-0.25, -0.2) is 0 Å².